The molecule has 0 amide bonds. The van der Waals surface area contributed by atoms with Crippen LogP contribution in [0.1, 0.15) is 19.8 Å². The second kappa shape index (κ2) is 6.61. The number of aromatic amines is 1. The number of nitrogens with zero attached hydrogens (tertiary/aromatic N) is 2. The Morgan fingerprint density at radius 2 is 2.00 bits per heavy atom. The third kappa shape index (κ3) is 2.96. The van der Waals surface area contributed by atoms with Crippen LogP contribution in [0.2, 0.25) is 5.02 Å². The van der Waals surface area contributed by atoms with Crippen LogP contribution in [-0.2, 0) is 0 Å². The Kier molecular flexibility index (Phi) is 4.33. The number of aromatic nitrogens is 2. The number of pyridine rings is 1. The van der Waals surface area contributed by atoms with E-state index in [0.29, 0.717) is 16.8 Å². The van der Waals surface area contributed by atoms with Gasteiger partial charge in [0.15, 0.2) is 0 Å². The third-order valence-electron chi connectivity index (χ3n) is 5.06. The van der Waals surface area contributed by atoms with Gasteiger partial charge >= 0.3 is 0 Å². The zero-order valence-electron chi connectivity index (χ0n) is 13.9. The van der Waals surface area contributed by atoms with Crippen LogP contribution in [0.15, 0.2) is 30.6 Å². The molecule has 2 aromatic heterocycles. The van der Waals surface area contributed by atoms with Gasteiger partial charge in [0.2, 0.25) is 5.88 Å². The van der Waals surface area contributed by atoms with Gasteiger partial charge < -0.3 is 14.6 Å². The molecule has 1 fully saturated rings. The molecule has 1 aromatic carbocycles. The predicted octanol–water partition coefficient (Wildman–Crippen LogP) is 4.48. The van der Waals surface area contributed by atoms with Crippen molar-refractivity contribution >= 4 is 33.3 Å². The van der Waals surface area contributed by atoms with E-state index in [4.69, 9.17) is 21.3 Å². The fraction of sp³-hybridized carbons (Fsp3) is 0.421. The van der Waals surface area contributed by atoms with Crippen molar-refractivity contribution in [1.82, 2.24) is 14.9 Å². The van der Waals surface area contributed by atoms with Crippen LogP contribution in [0, 0.1) is 5.92 Å². The SMILES string of the molecule is CCN1CCC(COc2nc3cc(Cl)ccc3c3c[nH]cc23)CC1. The average Bonchev–Trinajstić information content (AvgIpc) is 3.10. The molecule has 4 nitrogen and oxygen atoms in total. The van der Waals surface area contributed by atoms with E-state index < -0.39 is 0 Å². The molecular weight excluding hydrogens is 322 g/mol. The van der Waals surface area contributed by atoms with E-state index in [1.165, 1.54) is 25.9 Å². The molecule has 24 heavy (non-hydrogen) atoms. The number of likely N-dealkylation sites (tertiary alicyclic amines) is 1. The van der Waals surface area contributed by atoms with Crippen LogP contribution in [0.3, 0.4) is 0 Å². The van der Waals surface area contributed by atoms with E-state index in [9.17, 15) is 0 Å². The first-order valence-electron chi connectivity index (χ1n) is 8.65. The van der Waals surface area contributed by atoms with E-state index in [1.54, 1.807) is 0 Å². The topological polar surface area (TPSA) is 41.1 Å². The summed E-state index contributed by atoms with van der Waals surface area (Å²) in [6, 6.07) is 5.82. The van der Waals surface area contributed by atoms with Gasteiger partial charge in [-0.15, -0.1) is 0 Å². The van der Waals surface area contributed by atoms with Crippen LogP contribution in [0.4, 0.5) is 0 Å². The van der Waals surface area contributed by atoms with Crippen molar-refractivity contribution in [2.75, 3.05) is 26.2 Å². The molecule has 0 aliphatic carbocycles. The first-order valence-corrected chi connectivity index (χ1v) is 9.03. The van der Waals surface area contributed by atoms with Crippen LogP contribution in [0.5, 0.6) is 5.88 Å². The fourth-order valence-electron chi connectivity index (χ4n) is 3.53. The maximum atomic E-state index is 6.14. The number of fused-ring (bicyclic) bond motifs is 3. The van der Waals surface area contributed by atoms with E-state index >= 15 is 0 Å². The van der Waals surface area contributed by atoms with Gasteiger partial charge in [0.1, 0.15) is 0 Å². The maximum Gasteiger partial charge on any atom is 0.223 e. The summed E-state index contributed by atoms with van der Waals surface area (Å²) in [7, 11) is 0. The number of benzene rings is 1. The summed E-state index contributed by atoms with van der Waals surface area (Å²) < 4.78 is 6.14. The minimum absolute atomic E-state index is 0.610. The second-order valence-corrected chi connectivity index (χ2v) is 6.99. The van der Waals surface area contributed by atoms with Gasteiger partial charge in [0, 0.05) is 28.2 Å². The average molecular weight is 344 g/mol. The lowest BCUT2D eigenvalue weighted by Crippen LogP contribution is -2.35. The summed E-state index contributed by atoms with van der Waals surface area (Å²) in [5.41, 5.74) is 0.880. The number of hydrogen-bond donors (Lipinski definition) is 1. The van der Waals surface area contributed by atoms with Gasteiger partial charge in [0.25, 0.3) is 0 Å². The molecule has 0 saturated carbocycles. The minimum Gasteiger partial charge on any atom is -0.477 e. The standard InChI is InChI=1S/C19H22ClN3O/c1-2-23-7-5-13(6-8-23)12-24-19-17-11-21-10-16(17)15-4-3-14(20)9-18(15)22-19/h3-4,9-11,13,21H,2,5-8,12H2,1H3. The number of ether oxygens (including phenoxy) is 1. The van der Waals surface area contributed by atoms with E-state index in [0.717, 1.165) is 34.8 Å². The molecule has 0 radical (unpaired) electrons. The zero-order chi connectivity index (χ0) is 16.5. The summed E-state index contributed by atoms with van der Waals surface area (Å²) in [6.45, 7) is 6.45. The summed E-state index contributed by atoms with van der Waals surface area (Å²) >= 11 is 6.13. The van der Waals surface area contributed by atoms with Gasteiger partial charge in [-0.05, 0) is 50.5 Å². The highest BCUT2D eigenvalue weighted by molar-refractivity contribution is 6.31. The maximum absolute atomic E-state index is 6.14. The van der Waals surface area contributed by atoms with Gasteiger partial charge in [-0.25, -0.2) is 4.98 Å². The molecule has 1 aliphatic rings. The van der Waals surface area contributed by atoms with Crippen LogP contribution in [0.25, 0.3) is 21.7 Å². The monoisotopic (exact) mass is 343 g/mol. The van der Waals surface area contributed by atoms with Crippen molar-refractivity contribution in [1.29, 1.82) is 0 Å². The van der Waals surface area contributed by atoms with Gasteiger partial charge in [-0.2, -0.15) is 0 Å². The molecule has 1 aliphatic heterocycles. The molecule has 126 valence electrons. The Hall–Kier alpha value is -1.78. The zero-order valence-corrected chi connectivity index (χ0v) is 14.6. The normalized spacial score (nSPS) is 16.9. The Morgan fingerprint density at radius 3 is 2.79 bits per heavy atom. The molecule has 1 N–H and O–H groups in total. The summed E-state index contributed by atoms with van der Waals surface area (Å²) in [5.74, 6) is 1.32. The highest BCUT2D eigenvalue weighted by Crippen LogP contribution is 2.32. The number of H-pyrrole nitrogens is 1. The summed E-state index contributed by atoms with van der Waals surface area (Å²) in [6.07, 6.45) is 6.36. The van der Waals surface area contributed by atoms with Crippen molar-refractivity contribution in [2.24, 2.45) is 5.92 Å². The Bertz CT molecular complexity index is 852. The quantitative estimate of drug-likeness (QED) is 0.759. The molecular formula is C19H22ClN3O. The molecule has 5 heteroatoms. The number of rotatable bonds is 4. The molecule has 0 unspecified atom stereocenters. The number of halogens is 1. The van der Waals surface area contributed by atoms with Crippen molar-refractivity contribution in [3.63, 3.8) is 0 Å². The predicted molar refractivity (Wildman–Crippen MR) is 98.9 cm³/mol. The third-order valence-corrected chi connectivity index (χ3v) is 5.29. The smallest absolute Gasteiger partial charge is 0.223 e. The minimum atomic E-state index is 0.610. The lowest BCUT2D eigenvalue weighted by Gasteiger charge is -2.30. The second-order valence-electron chi connectivity index (χ2n) is 6.55. The van der Waals surface area contributed by atoms with E-state index in [2.05, 4.69) is 16.8 Å². The molecule has 0 spiro atoms. The highest BCUT2D eigenvalue weighted by Gasteiger charge is 2.19. The highest BCUT2D eigenvalue weighted by atomic mass is 35.5. The van der Waals surface area contributed by atoms with Crippen molar-refractivity contribution in [2.45, 2.75) is 19.8 Å². The first-order chi connectivity index (χ1) is 11.7. The Labute approximate surface area is 146 Å². The molecule has 4 rings (SSSR count). The van der Waals surface area contributed by atoms with Crippen LogP contribution >= 0.6 is 11.6 Å². The van der Waals surface area contributed by atoms with E-state index in [-0.39, 0.29) is 0 Å². The number of hydrogen-bond acceptors (Lipinski definition) is 3. The van der Waals surface area contributed by atoms with Crippen LogP contribution in [-0.4, -0.2) is 41.1 Å². The van der Waals surface area contributed by atoms with Crippen LogP contribution < -0.4 is 4.74 Å². The molecule has 1 saturated heterocycles. The summed E-state index contributed by atoms with van der Waals surface area (Å²) in [5, 5.41) is 3.96. The van der Waals surface area contributed by atoms with E-state index in [1.807, 2.05) is 30.6 Å². The lowest BCUT2D eigenvalue weighted by atomic mass is 9.98. The largest absolute Gasteiger partial charge is 0.477 e. The summed E-state index contributed by atoms with van der Waals surface area (Å²) in [4.78, 5) is 10.4. The molecule has 3 aromatic rings. The number of nitrogens with one attached hydrogen (secondary N) is 1. The number of piperidine rings is 1. The van der Waals surface area contributed by atoms with Crippen molar-refractivity contribution < 1.29 is 4.74 Å². The van der Waals surface area contributed by atoms with Crippen molar-refractivity contribution in [3.05, 3.63) is 35.6 Å². The van der Waals surface area contributed by atoms with Gasteiger partial charge in [0.05, 0.1) is 17.5 Å². The van der Waals surface area contributed by atoms with Gasteiger partial charge in [-0.1, -0.05) is 24.6 Å². The Morgan fingerprint density at radius 1 is 1.21 bits per heavy atom. The van der Waals surface area contributed by atoms with Gasteiger partial charge in [-0.3, -0.25) is 0 Å². The molecule has 3 heterocycles. The molecule has 0 atom stereocenters. The Balaban J connectivity index is 1.58. The van der Waals surface area contributed by atoms with Crippen molar-refractivity contribution in [3.8, 4) is 5.88 Å². The molecule has 0 bridgehead atoms. The fourth-order valence-corrected chi connectivity index (χ4v) is 3.70. The first kappa shape index (κ1) is 15.7. The lowest BCUT2D eigenvalue weighted by molar-refractivity contribution is 0.144.